The van der Waals surface area contributed by atoms with E-state index in [2.05, 4.69) is 0 Å². The number of nitrogens with two attached hydrogens (primary N) is 1. The summed E-state index contributed by atoms with van der Waals surface area (Å²) in [6, 6.07) is 5.06. The summed E-state index contributed by atoms with van der Waals surface area (Å²) >= 11 is 0. The van der Waals surface area contributed by atoms with Crippen LogP contribution in [0.1, 0.15) is 29.9 Å². The topological polar surface area (TPSA) is 112 Å². The van der Waals surface area contributed by atoms with Crippen LogP contribution in [-0.4, -0.2) is 33.9 Å². The van der Waals surface area contributed by atoms with E-state index >= 15 is 0 Å². The number of aromatic nitrogens is 1. The van der Waals surface area contributed by atoms with E-state index in [0.717, 1.165) is 0 Å². The fourth-order valence-electron chi connectivity index (χ4n) is 2.76. The van der Waals surface area contributed by atoms with Gasteiger partial charge in [0.15, 0.2) is 6.61 Å². The maximum absolute atomic E-state index is 12.4. The molecule has 128 valence electrons. The molecule has 0 unspecified atom stereocenters. The Kier molecular flexibility index (Phi) is 4.92. The molecule has 1 amide bonds. The van der Waals surface area contributed by atoms with Gasteiger partial charge in [-0.15, -0.1) is 0 Å². The van der Waals surface area contributed by atoms with Gasteiger partial charge in [-0.1, -0.05) is 19.9 Å². The van der Waals surface area contributed by atoms with Crippen molar-refractivity contribution in [1.29, 1.82) is 0 Å². The molecule has 2 aromatic rings. The molecular weight excluding hydrogens is 312 g/mol. The number of benzene rings is 1. The summed E-state index contributed by atoms with van der Waals surface area (Å²) in [5, 5.41) is 9.24. The Balaban J connectivity index is 2.76. The number of rotatable bonds is 7. The molecule has 7 heteroatoms. The van der Waals surface area contributed by atoms with Crippen LogP contribution in [0.3, 0.4) is 0 Å². The third-order valence-electron chi connectivity index (χ3n) is 3.71. The Labute approximate surface area is 139 Å². The number of nitrogens with zero attached hydrogens (tertiary/aromatic N) is 1. The Morgan fingerprint density at radius 1 is 1.29 bits per heavy atom. The lowest BCUT2D eigenvalue weighted by Gasteiger charge is -2.09. The third-order valence-corrected chi connectivity index (χ3v) is 3.71. The van der Waals surface area contributed by atoms with Crippen LogP contribution in [0.2, 0.25) is 0 Å². The first-order valence-electron chi connectivity index (χ1n) is 7.53. The molecule has 1 heterocycles. The minimum absolute atomic E-state index is 0.190. The number of primary amides is 1. The van der Waals surface area contributed by atoms with Gasteiger partial charge in [-0.3, -0.25) is 9.59 Å². The summed E-state index contributed by atoms with van der Waals surface area (Å²) in [5.74, 6) is -2.50. The molecule has 1 aromatic carbocycles. The number of amides is 1. The SMILES string of the molecule is CC(C)Cc1c(C(=O)C(N)=O)c2c(OCC(=O)O)cccc2n1C. The predicted octanol–water partition coefficient (Wildman–Crippen LogP) is 1.51. The number of aryl methyl sites for hydroxylation is 1. The number of ether oxygens (including phenoxy) is 1. The number of carbonyl (C=O) groups is 3. The zero-order valence-electron chi connectivity index (χ0n) is 13.8. The number of fused-ring (bicyclic) bond motifs is 1. The Bertz CT molecular complexity index is 820. The largest absolute Gasteiger partial charge is 0.481 e. The van der Waals surface area contributed by atoms with Crippen LogP contribution >= 0.6 is 0 Å². The number of hydrogen-bond acceptors (Lipinski definition) is 4. The molecule has 24 heavy (non-hydrogen) atoms. The first kappa shape index (κ1) is 17.5. The lowest BCUT2D eigenvalue weighted by Crippen LogP contribution is -2.24. The monoisotopic (exact) mass is 332 g/mol. The highest BCUT2D eigenvalue weighted by atomic mass is 16.5. The smallest absolute Gasteiger partial charge is 0.341 e. The predicted molar refractivity (Wildman–Crippen MR) is 88.1 cm³/mol. The first-order valence-corrected chi connectivity index (χ1v) is 7.53. The molecule has 0 saturated heterocycles. The second-order valence-corrected chi connectivity index (χ2v) is 6.00. The summed E-state index contributed by atoms with van der Waals surface area (Å²) < 4.78 is 7.13. The van der Waals surface area contributed by atoms with Crippen LogP contribution in [0.4, 0.5) is 0 Å². The van der Waals surface area contributed by atoms with Crippen molar-refractivity contribution in [2.75, 3.05) is 6.61 Å². The summed E-state index contributed by atoms with van der Waals surface area (Å²) in [6.07, 6.45) is 0.567. The van der Waals surface area contributed by atoms with Gasteiger partial charge in [-0.2, -0.15) is 0 Å². The lowest BCUT2D eigenvalue weighted by molar-refractivity contribution is -0.139. The number of ketones is 1. The summed E-state index contributed by atoms with van der Waals surface area (Å²) in [5.41, 5.74) is 6.75. The quantitative estimate of drug-likeness (QED) is 0.589. The van der Waals surface area contributed by atoms with E-state index in [1.807, 2.05) is 18.4 Å². The third kappa shape index (κ3) is 3.24. The van der Waals surface area contributed by atoms with Crippen molar-refractivity contribution in [2.24, 2.45) is 18.7 Å². The second-order valence-electron chi connectivity index (χ2n) is 6.00. The van der Waals surface area contributed by atoms with Crippen molar-refractivity contribution in [1.82, 2.24) is 4.57 Å². The van der Waals surface area contributed by atoms with Gasteiger partial charge in [0.2, 0.25) is 0 Å². The molecule has 3 N–H and O–H groups in total. The van der Waals surface area contributed by atoms with Crippen LogP contribution < -0.4 is 10.5 Å². The second kappa shape index (κ2) is 6.74. The maximum atomic E-state index is 12.4. The minimum atomic E-state index is -1.13. The normalized spacial score (nSPS) is 11.0. The van der Waals surface area contributed by atoms with E-state index in [9.17, 15) is 14.4 Å². The molecule has 0 aliphatic rings. The molecule has 7 nitrogen and oxygen atoms in total. The summed E-state index contributed by atoms with van der Waals surface area (Å²) in [6.45, 7) is 3.45. The molecule has 0 radical (unpaired) electrons. The van der Waals surface area contributed by atoms with Gasteiger partial charge in [0, 0.05) is 12.7 Å². The van der Waals surface area contributed by atoms with Crippen molar-refractivity contribution in [2.45, 2.75) is 20.3 Å². The first-order chi connectivity index (χ1) is 11.2. The summed E-state index contributed by atoms with van der Waals surface area (Å²) in [7, 11) is 1.79. The van der Waals surface area contributed by atoms with Crippen molar-refractivity contribution < 1.29 is 24.2 Å². The Morgan fingerprint density at radius 3 is 2.50 bits per heavy atom. The zero-order valence-corrected chi connectivity index (χ0v) is 13.8. The minimum Gasteiger partial charge on any atom is -0.481 e. The highest BCUT2D eigenvalue weighted by Crippen LogP contribution is 2.34. The molecule has 0 aliphatic carbocycles. The number of carboxylic acids is 1. The average molecular weight is 332 g/mol. The molecule has 0 atom stereocenters. The van der Waals surface area contributed by atoms with Gasteiger partial charge in [-0.25, -0.2) is 4.79 Å². The number of carbonyl (C=O) groups excluding carboxylic acids is 2. The standard InChI is InChI=1S/C17H20N2O5/c1-9(2)7-11-15(16(22)17(18)23)14-10(19(11)3)5-4-6-12(14)24-8-13(20)21/h4-6,9H,7-8H2,1-3H3,(H2,18,23)(H,20,21). The molecular formula is C17H20N2O5. The van der Waals surface area contributed by atoms with E-state index in [1.54, 1.807) is 25.2 Å². The van der Waals surface area contributed by atoms with Gasteiger partial charge in [0.25, 0.3) is 11.7 Å². The molecule has 0 fully saturated rings. The van der Waals surface area contributed by atoms with Gasteiger partial charge in [0.05, 0.1) is 16.5 Å². The van der Waals surface area contributed by atoms with Crippen molar-refractivity contribution >= 4 is 28.6 Å². The van der Waals surface area contributed by atoms with E-state index < -0.39 is 24.3 Å². The number of aliphatic carboxylic acids is 1. The molecule has 2 rings (SSSR count). The fourth-order valence-corrected chi connectivity index (χ4v) is 2.76. The Morgan fingerprint density at radius 2 is 1.96 bits per heavy atom. The molecule has 0 saturated carbocycles. The average Bonchev–Trinajstić information content (AvgIpc) is 2.77. The van der Waals surface area contributed by atoms with Crippen LogP contribution in [0.25, 0.3) is 10.9 Å². The lowest BCUT2D eigenvalue weighted by atomic mass is 9.99. The zero-order chi connectivity index (χ0) is 18.0. The number of carboxylic acid groups (broad SMARTS) is 1. The highest BCUT2D eigenvalue weighted by molar-refractivity contribution is 6.45. The van der Waals surface area contributed by atoms with Gasteiger partial charge in [-0.05, 0) is 24.5 Å². The Hall–Kier alpha value is -2.83. The molecule has 0 bridgehead atoms. The highest BCUT2D eigenvalue weighted by Gasteiger charge is 2.27. The van der Waals surface area contributed by atoms with Crippen LogP contribution in [0.5, 0.6) is 5.75 Å². The van der Waals surface area contributed by atoms with E-state index in [1.165, 1.54) is 0 Å². The van der Waals surface area contributed by atoms with E-state index in [4.69, 9.17) is 15.6 Å². The number of hydrogen-bond donors (Lipinski definition) is 2. The van der Waals surface area contributed by atoms with Gasteiger partial charge < -0.3 is 20.1 Å². The van der Waals surface area contributed by atoms with Gasteiger partial charge >= 0.3 is 5.97 Å². The van der Waals surface area contributed by atoms with E-state index in [0.29, 0.717) is 23.0 Å². The van der Waals surface area contributed by atoms with Crippen LogP contribution in [-0.2, 0) is 23.1 Å². The van der Waals surface area contributed by atoms with Crippen molar-refractivity contribution in [3.05, 3.63) is 29.5 Å². The van der Waals surface area contributed by atoms with Crippen LogP contribution in [0, 0.1) is 5.92 Å². The van der Waals surface area contributed by atoms with Crippen molar-refractivity contribution in [3.8, 4) is 5.75 Å². The molecule has 0 aliphatic heterocycles. The molecule has 0 spiro atoms. The maximum Gasteiger partial charge on any atom is 0.341 e. The van der Waals surface area contributed by atoms with Crippen LogP contribution in [0.15, 0.2) is 18.2 Å². The summed E-state index contributed by atoms with van der Waals surface area (Å²) in [4.78, 5) is 34.7. The number of Topliss-reactive ketones (excluding diaryl/α,β-unsaturated/α-hetero) is 1. The fraction of sp³-hybridized carbons (Fsp3) is 0.353. The van der Waals surface area contributed by atoms with Crippen molar-refractivity contribution in [3.63, 3.8) is 0 Å². The molecule has 1 aromatic heterocycles. The van der Waals surface area contributed by atoms with E-state index in [-0.39, 0.29) is 17.2 Å². The van der Waals surface area contributed by atoms with Gasteiger partial charge in [0.1, 0.15) is 5.75 Å².